The van der Waals surface area contributed by atoms with E-state index in [1.54, 1.807) is 13.0 Å². The van der Waals surface area contributed by atoms with Crippen LogP contribution in [0.4, 0.5) is 13.2 Å². The zero-order valence-corrected chi connectivity index (χ0v) is 13.4. The van der Waals surface area contributed by atoms with Gasteiger partial charge in [-0.3, -0.25) is 4.79 Å². The number of alkyl halides is 3. The summed E-state index contributed by atoms with van der Waals surface area (Å²) in [5.41, 5.74) is 0.431. The molecule has 0 aliphatic rings. The van der Waals surface area contributed by atoms with Gasteiger partial charge in [-0.2, -0.15) is 13.2 Å². The van der Waals surface area contributed by atoms with Crippen LogP contribution in [0, 0.1) is 5.92 Å². The number of carbonyl (C=O) groups is 2. The Morgan fingerprint density at radius 3 is 2.54 bits per heavy atom. The van der Waals surface area contributed by atoms with E-state index in [-0.39, 0.29) is 18.1 Å². The molecule has 5 nitrogen and oxygen atoms in total. The topological polar surface area (TPSA) is 75.6 Å². The molecule has 2 unspecified atom stereocenters. The van der Waals surface area contributed by atoms with Gasteiger partial charge in [0.05, 0.1) is 6.42 Å². The average molecular weight is 347 g/mol. The maximum Gasteiger partial charge on any atom is 0.422 e. The van der Waals surface area contributed by atoms with E-state index in [1.165, 1.54) is 18.2 Å². The van der Waals surface area contributed by atoms with Gasteiger partial charge in [0, 0.05) is 0 Å². The Hall–Kier alpha value is -2.25. The molecule has 1 rings (SSSR count). The highest BCUT2D eigenvalue weighted by atomic mass is 19.4. The highest BCUT2D eigenvalue weighted by Crippen LogP contribution is 2.19. The first kappa shape index (κ1) is 19.8. The van der Waals surface area contributed by atoms with E-state index in [1.807, 2.05) is 6.92 Å². The molecule has 24 heavy (non-hydrogen) atoms. The number of rotatable bonds is 8. The van der Waals surface area contributed by atoms with Crippen LogP contribution in [0.2, 0.25) is 0 Å². The first-order valence-corrected chi connectivity index (χ1v) is 7.43. The second-order valence-corrected chi connectivity index (χ2v) is 5.50. The van der Waals surface area contributed by atoms with Crippen LogP contribution in [0.15, 0.2) is 24.3 Å². The average Bonchev–Trinajstić information content (AvgIpc) is 2.49. The van der Waals surface area contributed by atoms with Crippen molar-refractivity contribution >= 4 is 11.9 Å². The summed E-state index contributed by atoms with van der Waals surface area (Å²) in [6.45, 7) is 2.11. The summed E-state index contributed by atoms with van der Waals surface area (Å²) in [5, 5.41) is 11.6. The fourth-order valence-corrected chi connectivity index (χ4v) is 2.00. The Labute approximate surface area is 137 Å². The van der Waals surface area contributed by atoms with Crippen LogP contribution in [0.3, 0.4) is 0 Å². The molecule has 134 valence electrons. The van der Waals surface area contributed by atoms with Crippen molar-refractivity contribution in [2.24, 2.45) is 5.92 Å². The van der Waals surface area contributed by atoms with Crippen LogP contribution in [0.1, 0.15) is 25.8 Å². The quantitative estimate of drug-likeness (QED) is 0.758. The van der Waals surface area contributed by atoms with Crippen LogP contribution < -0.4 is 10.1 Å². The van der Waals surface area contributed by atoms with E-state index in [0.717, 1.165) is 0 Å². The predicted octanol–water partition coefficient (Wildman–Crippen LogP) is 2.79. The molecular weight excluding hydrogens is 327 g/mol. The summed E-state index contributed by atoms with van der Waals surface area (Å²) in [6.07, 6.45) is -4.01. The van der Waals surface area contributed by atoms with E-state index in [2.05, 4.69) is 10.1 Å². The van der Waals surface area contributed by atoms with Crippen LogP contribution in [0.25, 0.3) is 0 Å². The van der Waals surface area contributed by atoms with Gasteiger partial charge in [0.2, 0.25) is 5.91 Å². The fourth-order valence-electron chi connectivity index (χ4n) is 2.00. The van der Waals surface area contributed by atoms with Gasteiger partial charge >= 0.3 is 12.1 Å². The molecule has 1 aromatic rings. The third-order valence-electron chi connectivity index (χ3n) is 3.46. The molecule has 0 saturated carbocycles. The molecule has 0 bridgehead atoms. The number of aliphatic carboxylic acids is 1. The summed E-state index contributed by atoms with van der Waals surface area (Å²) >= 11 is 0. The lowest BCUT2D eigenvalue weighted by Gasteiger charge is -2.20. The monoisotopic (exact) mass is 347 g/mol. The maximum absolute atomic E-state index is 12.1. The molecule has 0 aliphatic carbocycles. The number of nitrogens with one attached hydrogen (secondary N) is 1. The lowest BCUT2D eigenvalue weighted by molar-refractivity contribution is -0.153. The first-order chi connectivity index (χ1) is 11.1. The van der Waals surface area contributed by atoms with Crippen molar-refractivity contribution in [1.82, 2.24) is 5.32 Å². The lowest BCUT2D eigenvalue weighted by atomic mass is 9.99. The van der Waals surface area contributed by atoms with Gasteiger partial charge in [-0.05, 0) is 23.6 Å². The van der Waals surface area contributed by atoms with Gasteiger partial charge in [0.25, 0.3) is 0 Å². The van der Waals surface area contributed by atoms with Crippen molar-refractivity contribution in [3.05, 3.63) is 29.8 Å². The van der Waals surface area contributed by atoms with E-state index in [0.29, 0.717) is 12.0 Å². The van der Waals surface area contributed by atoms with Crippen molar-refractivity contribution in [1.29, 1.82) is 0 Å². The number of amides is 1. The van der Waals surface area contributed by atoms with Crippen molar-refractivity contribution in [3.63, 3.8) is 0 Å². The number of hydrogen-bond donors (Lipinski definition) is 2. The predicted molar refractivity (Wildman–Crippen MR) is 80.7 cm³/mol. The molecule has 0 fully saturated rings. The molecule has 2 N–H and O–H groups in total. The minimum Gasteiger partial charge on any atom is -0.484 e. The van der Waals surface area contributed by atoms with Crippen LogP contribution >= 0.6 is 0 Å². The smallest absolute Gasteiger partial charge is 0.422 e. The van der Waals surface area contributed by atoms with E-state index in [4.69, 9.17) is 5.11 Å². The van der Waals surface area contributed by atoms with E-state index in [9.17, 15) is 22.8 Å². The van der Waals surface area contributed by atoms with Crippen molar-refractivity contribution in [2.45, 2.75) is 38.9 Å². The third-order valence-corrected chi connectivity index (χ3v) is 3.46. The second-order valence-electron chi connectivity index (χ2n) is 5.50. The highest BCUT2D eigenvalue weighted by Gasteiger charge is 2.28. The molecule has 0 spiro atoms. The zero-order valence-electron chi connectivity index (χ0n) is 13.4. The highest BCUT2D eigenvalue weighted by molar-refractivity contribution is 5.85. The van der Waals surface area contributed by atoms with Gasteiger partial charge in [-0.15, -0.1) is 0 Å². The molecule has 0 aliphatic heterocycles. The van der Waals surface area contributed by atoms with Crippen molar-refractivity contribution in [2.75, 3.05) is 6.61 Å². The molecule has 0 aromatic heterocycles. The maximum atomic E-state index is 12.1. The number of hydrogen-bond acceptors (Lipinski definition) is 3. The SMILES string of the molecule is CCC(C)C(NC(=O)Cc1cccc(OCC(F)(F)F)c1)C(=O)O. The lowest BCUT2D eigenvalue weighted by Crippen LogP contribution is -2.45. The number of carbonyl (C=O) groups excluding carboxylic acids is 1. The third kappa shape index (κ3) is 6.89. The van der Waals surface area contributed by atoms with Crippen molar-refractivity contribution in [3.8, 4) is 5.75 Å². The van der Waals surface area contributed by atoms with Gasteiger partial charge < -0.3 is 15.2 Å². The molecule has 8 heteroatoms. The first-order valence-electron chi connectivity index (χ1n) is 7.43. The molecule has 0 heterocycles. The van der Waals surface area contributed by atoms with Gasteiger partial charge in [0.1, 0.15) is 11.8 Å². The van der Waals surface area contributed by atoms with E-state index >= 15 is 0 Å². The summed E-state index contributed by atoms with van der Waals surface area (Å²) < 4.78 is 41.0. The summed E-state index contributed by atoms with van der Waals surface area (Å²) in [7, 11) is 0. The molecule has 0 radical (unpaired) electrons. The van der Waals surface area contributed by atoms with Gasteiger partial charge in [0.15, 0.2) is 6.61 Å². The summed E-state index contributed by atoms with van der Waals surface area (Å²) in [5.74, 6) is -1.89. The molecule has 2 atom stereocenters. The van der Waals surface area contributed by atoms with Crippen LogP contribution in [-0.4, -0.2) is 35.8 Å². The Bertz CT molecular complexity index is 575. The normalized spacial score (nSPS) is 13.9. The standard InChI is InChI=1S/C16H20F3NO4/c1-3-10(2)14(15(22)23)20-13(21)8-11-5-4-6-12(7-11)24-9-16(17,18)19/h4-7,10,14H,3,8-9H2,1-2H3,(H,20,21)(H,22,23). The Morgan fingerprint density at radius 1 is 1.33 bits per heavy atom. The number of benzene rings is 1. The largest absolute Gasteiger partial charge is 0.484 e. The minimum atomic E-state index is -4.45. The number of carboxylic acids is 1. The Kier molecular flexibility index (Phi) is 7.06. The van der Waals surface area contributed by atoms with Gasteiger partial charge in [-0.25, -0.2) is 4.79 Å². The molecule has 1 aromatic carbocycles. The summed E-state index contributed by atoms with van der Waals surface area (Å²) in [4.78, 5) is 23.2. The Balaban J connectivity index is 2.68. The second kappa shape index (κ2) is 8.56. The molecule has 0 saturated heterocycles. The Morgan fingerprint density at radius 2 is 2.00 bits per heavy atom. The van der Waals surface area contributed by atoms with Gasteiger partial charge in [-0.1, -0.05) is 32.4 Å². The van der Waals surface area contributed by atoms with E-state index < -0.39 is 30.7 Å². The number of carboxylic acid groups (broad SMARTS) is 1. The molecular formula is C16H20F3NO4. The number of halogens is 3. The zero-order chi connectivity index (χ0) is 18.3. The van der Waals surface area contributed by atoms with Crippen molar-refractivity contribution < 1.29 is 32.6 Å². The number of ether oxygens (including phenoxy) is 1. The van der Waals surface area contributed by atoms with Crippen LogP contribution in [0.5, 0.6) is 5.75 Å². The fraction of sp³-hybridized carbons (Fsp3) is 0.500. The summed E-state index contributed by atoms with van der Waals surface area (Å²) in [6, 6.07) is 4.69. The van der Waals surface area contributed by atoms with Crippen LogP contribution in [-0.2, 0) is 16.0 Å². The minimum absolute atomic E-state index is 0.00524. The molecule has 1 amide bonds.